The second kappa shape index (κ2) is 6.68. The predicted octanol–water partition coefficient (Wildman–Crippen LogP) is -0.00998. The maximum Gasteiger partial charge on any atom is 0.357 e. The fourth-order valence-electron chi connectivity index (χ4n) is 1.75. The molecule has 0 bridgehead atoms. The number of methoxy groups -OCH3 is 1. The summed E-state index contributed by atoms with van der Waals surface area (Å²) < 4.78 is 30.5. The van der Waals surface area contributed by atoms with Crippen molar-refractivity contribution in [1.29, 1.82) is 0 Å². The Morgan fingerprint density at radius 1 is 1.43 bits per heavy atom. The normalized spacial score (nSPS) is 11.6. The van der Waals surface area contributed by atoms with Gasteiger partial charge in [0.1, 0.15) is 11.4 Å². The number of hydrogen-bond acceptors (Lipinski definition) is 6. The number of nitrogens with zero attached hydrogens (tertiary/aromatic N) is 2. The van der Waals surface area contributed by atoms with Crippen molar-refractivity contribution in [3.05, 3.63) is 11.4 Å². The van der Waals surface area contributed by atoms with Gasteiger partial charge in [0.2, 0.25) is 10.0 Å². The first-order valence-electron chi connectivity index (χ1n) is 6.10. The van der Waals surface area contributed by atoms with Gasteiger partial charge in [-0.3, -0.25) is 9.89 Å². The van der Waals surface area contributed by atoms with Crippen LogP contribution in [0.2, 0.25) is 0 Å². The average molecular weight is 319 g/mol. The Morgan fingerprint density at radius 2 is 2.05 bits per heavy atom. The highest BCUT2D eigenvalue weighted by Crippen LogP contribution is 2.22. The molecule has 1 aromatic rings. The highest BCUT2D eigenvalue weighted by Gasteiger charge is 2.34. The molecule has 0 atom stereocenters. The lowest BCUT2D eigenvalue weighted by molar-refractivity contribution is -0.140. The predicted molar refractivity (Wildman–Crippen MR) is 71.3 cm³/mol. The number of aryl methyl sites for hydroxylation is 1. The lowest BCUT2D eigenvalue weighted by Crippen LogP contribution is -2.37. The number of esters is 1. The number of carbonyl (C=O) groups excluding carboxylic acids is 1. The number of aromatic carboxylic acids is 1. The number of hydrogen-bond donors (Lipinski definition) is 2. The summed E-state index contributed by atoms with van der Waals surface area (Å²) in [6.45, 7) is 2.70. The number of nitrogens with one attached hydrogen (secondary N) is 1. The summed E-state index contributed by atoms with van der Waals surface area (Å²) in [6.07, 6.45) is 0.454. The van der Waals surface area contributed by atoms with Crippen LogP contribution in [0.5, 0.6) is 0 Å². The van der Waals surface area contributed by atoms with E-state index in [1.807, 2.05) is 0 Å². The Labute approximate surface area is 121 Å². The van der Waals surface area contributed by atoms with E-state index < -0.39 is 39.1 Å². The fourth-order valence-corrected chi connectivity index (χ4v) is 3.52. The molecule has 21 heavy (non-hydrogen) atoms. The molecule has 1 rings (SSSR count). The van der Waals surface area contributed by atoms with Crippen molar-refractivity contribution in [2.75, 3.05) is 20.2 Å². The van der Waals surface area contributed by atoms with Gasteiger partial charge in [0.15, 0.2) is 5.69 Å². The molecule has 10 heteroatoms. The van der Waals surface area contributed by atoms with Gasteiger partial charge >= 0.3 is 11.9 Å². The summed E-state index contributed by atoms with van der Waals surface area (Å²) in [5, 5.41) is 14.8. The Morgan fingerprint density at radius 3 is 2.52 bits per heavy atom. The number of ether oxygens (including phenoxy) is 1. The van der Waals surface area contributed by atoms with Crippen molar-refractivity contribution in [1.82, 2.24) is 14.5 Å². The summed E-state index contributed by atoms with van der Waals surface area (Å²) in [4.78, 5) is 22.0. The van der Waals surface area contributed by atoms with E-state index in [1.54, 1.807) is 6.92 Å². The number of H-pyrrole nitrogens is 1. The van der Waals surface area contributed by atoms with E-state index >= 15 is 0 Å². The molecule has 9 nitrogen and oxygen atoms in total. The highest BCUT2D eigenvalue weighted by atomic mass is 32.2. The van der Waals surface area contributed by atoms with Crippen LogP contribution in [0.25, 0.3) is 0 Å². The van der Waals surface area contributed by atoms with Crippen LogP contribution in [0.3, 0.4) is 0 Å². The van der Waals surface area contributed by atoms with Gasteiger partial charge in [-0.1, -0.05) is 6.92 Å². The van der Waals surface area contributed by atoms with Gasteiger partial charge in [-0.15, -0.1) is 0 Å². The van der Waals surface area contributed by atoms with Gasteiger partial charge in [0, 0.05) is 6.54 Å². The molecule has 0 aliphatic rings. The summed E-state index contributed by atoms with van der Waals surface area (Å²) in [7, 11) is -3.03. The van der Waals surface area contributed by atoms with Gasteiger partial charge < -0.3 is 9.84 Å². The molecule has 0 radical (unpaired) electrons. The van der Waals surface area contributed by atoms with Crippen molar-refractivity contribution >= 4 is 22.0 Å². The van der Waals surface area contributed by atoms with E-state index in [2.05, 4.69) is 14.9 Å². The summed E-state index contributed by atoms with van der Waals surface area (Å²) in [6, 6.07) is 0. The van der Waals surface area contributed by atoms with Gasteiger partial charge in [-0.05, 0) is 13.3 Å². The van der Waals surface area contributed by atoms with Crippen LogP contribution < -0.4 is 0 Å². The second-order valence-electron chi connectivity index (χ2n) is 4.25. The zero-order valence-electron chi connectivity index (χ0n) is 11.9. The van der Waals surface area contributed by atoms with Crippen LogP contribution in [-0.2, 0) is 19.6 Å². The Hall–Kier alpha value is -1.94. The quantitative estimate of drug-likeness (QED) is 0.676. The Kier molecular flexibility index (Phi) is 5.44. The average Bonchev–Trinajstić information content (AvgIpc) is 2.80. The van der Waals surface area contributed by atoms with Gasteiger partial charge in [-0.25, -0.2) is 13.2 Å². The monoisotopic (exact) mass is 319 g/mol. The first kappa shape index (κ1) is 17.1. The minimum Gasteiger partial charge on any atom is -0.476 e. The number of carbonyl (C=O) groups is 2. The molecule has 0 aliphatic carbocycles. The molecule has 0 saturated heterocycles. The molecule has 2 N–H and O–H groups in total. The summed E-state index contributed by atoms with van der Waals surface area (Å²) in [5.74, 6) is -2.20. The van der Waals surface area contributed by atoms with E-state index in [0.717, 1.165) is 11.4 Å². The van der Waals surface area contributed by atoms with Crippen LogP contribution in [0.4, 0.5) is 0 Å². The third kappa shape index (κ3) is 3.58. The topological polar surface area (TPSA) is 130 Å². The molecule has 1 heterocycles. The molecule has 0 amide bonds. The molecule has 0 aliphatic heterocycles. The van der Waals surface area contributed by atoms with Crippen LogP contribution in [0.1, 0.15) is 29.5 Å². The Balaban J connectivity index is 3.32. The van der Waals surface area contributed by atoms with Crippen molar-refractivity contribution in [3.63, 3.8) is 0 Å². The number of carboxylic acid groups (broad SMARTS) is 1. The lowest BCUT2D eigenvalue weighted by atomic mass is 10.4. The Bertz CT molecular complexity index is 636. The zero-order chi connectivity index (χ0) is 16.2. The maximum absolute atomic E-state index is 12.6. The molecule has 0 fully saturated rings. The minimum atomic E-state index is -4.17. The molecule has 1 aromatic heterocycles. The SMILES string of the molecule is CCCN(CC(=O)OC)S(=O)(=O)c1c(C(=O)O)n[nH]c1C. The van der Waals surface area contributed by atoms with Gasteiger partial charge in [0.25, 0.3) is 0 Å². The van der Waals surface area contributed by atoms with Crippen LogP contribution in [-0.4, -0.2) is 60.2 Å². The molecular formula is C11H17N3O6S. The van der Waals surface area contributed by atoms with E-state index in [4.69, 9.17) is 5.11 Å². The molecule has 0 unspecified atom stereocenters. The van der Waals surface area contributed by atoms with Crippen molar-refractivity contribution < 1.29 is 27.9 Å². The van der Waals surface area contributed by atoms with E-state index in [1.165, 1.54) is 6.92 Å². The van der Waals surface area contributed by atoms with Crippen LogP contribution in [0.15, 0.2) is 4.90 Å². The molecular weight excluding hydrogens is 302 g/mol. The molecule has 0 saturated carbocycles. The molecule has 0 aromatic carbocycles. The first-order valence-corrected chi connectivity index (χ1v) is 7.54. The standard InChI is InChI=1S/C11H17N3O6S/c1-4-5-14(6-8(15)20-3)21(18,19)10-7(2)12-13-9(10)11(16)17/h4-6H2,1-3H3,(H,12,13)(H,16,17). The number of aromatic nitrogens is 2. The summed E-state index contributed by atoms with van der Waals surface area (Å²) in [5.41, 5.74) is -0.503. The third-order valence-electron chi connectivity index (χ3n) is 2.70. The van der Waals surface area contributed by atoms with E-state index in [9.17, 15) is 18.0 Å². The number of aromatic amines is 1. The van der Waals surface area contributed by atoms with Gasteiger partial charge in [-0.2, -0.15) is 9.40 Å². The lowest BCUT2D eigenvalue weighted by Gasteiger charge is -2.20. The maximum atomic E-state index is 12.6. The third-order valence-corrected chi connectivity index (χ3v) is 4.70. The largest absolute Gasteiger partial charge is 0.476 e. The number of carboxylic acids is 1. The molecule has 118 valence electrons. The number of rotatable bonds is 7. The minimum absolute atomic E-state index is 0.0567. The molecule has 0 spiro atoms. The zero-order valence-corrected chi connectivity index (χ0v) is 12.7. The second-order valence-corrected chi connectivity index (χ2v) is 6.12. The van der Waals surface area contributed by atoms with E-state index in [0.29, 0.717) is 6.42 Å². The summed E-state index contributed by atoms with van der Waals surface area (Å²) >= 11 is 0. The van der Waals surface area contributed by atoms with Crippen LogP contribution >= 0.6 is 0 Å². The van der Waals surface area contributed by atoms with Gasteiger partial charge in [0.05, 0.1) is 12.8 Å². The fraction of sp³-hybridized carbons (Fsp3) is 0.545. The highest BCUT2D eigenvalue weighted by molar-refractivity contribution is 7.89. The van der Waals surface area contributed by atoms with Crippen molar-refractivity contribution in [2.24, 2.45) is 0 Å². The van der Waals surface area contributed by atoms with Crippen molar-refractivity contribution in [3.8, 4) is 0 Å². The van der Waals surface area contributed by atoms with Crippen LogP contribution in [0, 0.1) is 6.92 Å². The first-order chi connectivity index (χ1) is 9.75. The smallest absolute Gasteiger partial charge is 0.357 e. The number of sulfonamides is 1. The van der Waals surface area contributed by atoms with E-state index in [-0.39, 0.29) is 12.2 Å². The van der Waals surface area contributed by atoms with Crippen molar-refractivity contribution in [2.45, 2.75) is 25.2 Å².